The number of pyridine rings is 1. The summed E-state index contributed by atoms with van der Waals surface area (Å²) in [5.41, 5.74) is 2.75. The van der Waals surface area contributed by atoms with Crippen LogP contribution in [0.15, 0.2) is 48.7 Å². The molecule has 5 amide bonds. The number of halogens is 2. The molecule has 0 bridgehead atoms. The number of piperidine rings is 1. The van der Waals surface area contributed by atoms with Crippen LogP contribution in [0.4, 0.5) is 17.1 Å². The van der Waals surface area contributed by atoms with E-state index in [2.05, 4.69) is 31.9 Å². The van der Waals surface area contributed by atoms with Gasteiger partial charge in [0.2, 0.25) is 17.7 Å². The minimum Gasteiger partial charge on any atom is -0.495 e. The van der Waals surface area contributed by atoms with E-state index in [1.165, 1.54) is 13.3 Å². The predicted molar refractivity (Wildman–Crippen MR) is 262 cm³/mol. The fraction of sp³-hybridized carbons (Fsp3) is 0.449. The van der Waals surface area contributed by atoms with Gasteiger partial charge < -0.3 is 48.7 Å². The van der Waals surface area contributed by atoms with E-state index in [0.717, 1.165) is 31.0 Å². The van der Waals surface area contributed by atoms with Crippen molar-refractivity contribution in [2.24, 2.45) is 0 Å². The molecule has 0 aliphatic carbocycles. The fourth-order valence-corrected chi connectivity index (χ4v) is 8.81. The molecule has 3 aromatic carbocycles. The van der Waals surface area contributed by atoms with E-state index in [1.807, 2.05) is 4.90 Å². The summed E-state index contributed by atoms with van der Waals surface area (Å²) in [6, 6.07) is 12.8. The summed E-state index contributed by atoms with van der Waals surface area (Å²) in [6.45, 7) is 7.17. The molecule has 0 saturated carbocycles. The quantitative estimate of drug-likeness (QED) is 0.0551. The van der Waals surface area contributed by atoms with Crippen LogP contribution in [-0.2, 0) is 33.3 Å². The van der Waals surface area contributed by atoms with Gasteiger partial charge in [-0.25, -0.2) is 0 Å². The van der Waals surface area contributed by atoms with Crippen molar-refractivity contribution in [1.29, 1.82) is 5.26 Å². The Morgan fingerprint density at radius 2 is 1.52 bits per heavy atom. The Hall–Kier alpha value is -6.31. The van der Waals surface area contributed by atoms with E-state index >= 15 is 0 Å². The molecule has 2 fully saturated rings. The summed E-state index contributed by atoms with van der Waals surface area (Å²) < 4.78 is 39.6. The Morgan fingerprint density at radius 3 is 2.21 bits per heavy atom. The second kappa shape index (κ2) is 25.7. The van der Waals surface area contributed by atoms with Gasteiger partial charge in [0, 0.05) is 75.1 Å². The summed E-state index contributed by atoms with van der Waals surface area (Å²) >= 11 is 12.7. The van der Waals surface area contributed by atoms with Gasteiger partial charge in [-0.3, -0.25) is 44.1 Å². The van der Waals surface area contributed by atoms with Gasteiger partial charge in [0.05, 0.1) is 124 Å². The molecule has 3 aliphatic heterocycles. The fourth-order valence-electron chi connectivity index (χ4n) is 8.30. The molecule has 3 N–H and O–H groups in total. The van der Waals surface area contributed by atoms with Crippen LogP contribution in [0, 0.1) is 11.3 Å². The first-order valence-electron chi connectivity index (χ1n) is 23.2. The van der Waals surface area contributed by atoms with E-state index < -0.39 is 29.7 Å². The maximum Gasteiger partial charge on any atom is 0.264 e. The predicted octanol–water partition coefficient (Wildman–Crippen LogP) is 5.06. The summed E-state index contributed by atoms with van der Waals surface area (Å²) in [4.78, 5) is 72.7. The summed E-state index contributed by atoms with van der Waals surface area (Å²) in [5.74, 6) is -0.731. The number of carbonyl (C=O) groups excluding carboxylic acids is 5. The summed E-state index contributed by atoms with van der Waals surface area (Å²) in [7, 11) is 3.06. The second-order valence-electron chi connectivity index (χ2n) is 16.5. The van der Waals surface area contributed by atoms with Crippen molar-refractivity contribution in [3.63, 3.8) is 0 Å². The van der Waals surface area contributed by atoms with E-state index in [-0.39, 0.29) is 29.9 Å². The molecule has 4 aromatic rings. The lowest BCUT2D eigenvalue weighted by atomic mass is 10.0. The Labute approximate surface area is 420 Å². The maximum atomic E-state index is 13.2. The molecular formula is C49H56Cl2N8O12. The first kappa shape index (κ1) is 52.5. The van der Waals surface area contributed by atoms with E-state index in [4.69, 9.17) is 56.4 Å². The first-order chi connectivity index (χ1) is 34.5. The topological polar surface area (TPSA) is 232 Å². The number of piperazine rings is 1. The number of carbonyl (C=O) groups is 5. The molecule has 4 heterocycles. The van der Waals surface area contributed by atoms with Gasteiger partial charge in [0.15, 0.2) is 11.5 Å². The molecule has 378 valence electrons. The molecule has 0 spiro atoms. The molecule has 71 heavy (non-hydrogen) atoms. The molecule has 0 radical (unpaired) electrons. The third-order valence-electron chi connectivity index (χ3n) is 12.0. The Balaban J connectivity index is 0.700. The van der Waals surface area contributed by atoms with Crippen molar-refractivity contribution in [3.8, 4) is 23.3 Å². The molecule has 22 heteroatoms. The molecule has 7 rings (SSSR count). The number of anilines is 3. The van der Waals surface area contributed by atoms with Crippen LogP contribution in [0.5, 0.6) is 17.2 Å². The van der Waals surface area contributed by atoms with E-state index in [0.29, 0.717) is 146 Å². The van der Waals surface area contributed by atoms with Crippen LogP contribution in [0.3, 0.4) is 0 Å². The third-order valence-corrected chi connectivity index (χ3v) is 12.6. The molecule has 1 atom stereocenters. The van der Waals surface area contributed by atoms with Gasteiger partial charge >= 0.3 is 0 Å². The zero-order valence-electron chi connectivity index (χ0n) is 39.5. The maximum absolute atomic E-state index is 13.2. The van der Waals surface area contributed by atoms with Crippen LogP contribution >= 0.6 is 23.2 Å². The lowest BCUT2D eigenvalue weighted by Crippen LogP contribution is -2.54. The molecule has 1 aromatic heterocycles. The monoisotopic (exact) mass is 1020 g/mol. The number of fused-ring (bicyclic) bond motifs is 2. The Kier molecular flexibility index (Phi) is 19.0. The van der Waals surface area contributed by atoms with Gasteiger partial charge in [-0.15, -0.1) is 0 Å². The van der Waals surface area contributed by atoms with Gasteiger partial charge in [-0.1, -0.05) is 29.3 Å². The lowest BCUT2D eigenvalue weighted by molar-refractivity contribution is -0.136. The zero-order chi connectivity index (χ0) is 50.3. The number of imide groups is 2. The second-order valence-corrected chi connectivity index (χ2v) is 17.3. The number of methoxy groups -OCH3 is 2. The van der Waals surface area contributed by atoms with E-state index in [9.17, 15) is 29.2 Å². The number of hydrogen-bond acceptors (Lipinski definition) is 17. The van der Waals surface area contributed by atoms with Crippen molar-refractivity contribution >= 4 is 80.7 Å². The van der Waals surface area contributed by atoms with Gasteiger partial charge in [-0.05, 0) is 37.1 Å². The average Bonchev–Trinajstić information content (AvgIpc) is 3.63. The lowest BCUT2D eigenvalue weighted by Gasteiger charge is -2.34. The molecule has 2 saturated heterocycles. The van der Waals surface area contributed by atoms with Crippen molar-refractivity contribution in [2.45, 2.75) is 31.7 Å². The Morgan fingerprint density at radius 1 is 0.817 bits per heavy atom. The normalized spacial score (nSPS) is 16.0. The SMILES string of the molecule is COc1cc(Nc2c(C#N)cnc3cc(OCCCN4CCN(C(=O)CCOCCOCCOCCOCCNc5cccc6c5C(=O)N(C5CCC(=O)NC5=O)C6=O)CC4)c(OC)cc23)c(Cl)cc1Cl. The van der Waals surface area contributed by atoms with Gasteiger partial charge in [-0.2, -0.15) is 5.26 Å². The highest BCUT2D eigenvalue weighted by molar-refractivity contribution is 6.37. The van der Waals surface area contributed by atoms with Gasteiger partial charge in [0.1, 0.15) is 17.9 Å². The minimum absolute atomic E-state index is 0.0523. The van der Waals surface area contributed by atoms with Crippen molar-refractivity contribution < 1.29 is 57.1 Å². The van der Waals surface area contributed by atoms with Crippen LogP contribution in [0.1, 0.15) is 52.0 Å². The Bertz CT molecular complexity index is 2630. The number of nitrogens with zero attached hydrogens (tertiary/aromatic N) is 5. The number of benzene rings is 3. The van der Waals surface area contributed by atoms with Crippen LogP contribution in [-0.4, -0.2) is 168 Å². The number of amides is 5. The minimum atomic E-state index is -1.03. The van der Waals surface area contributed by atoms with E-state index in [1.54, 1.807) is 49.6 Å². The van der Waals surface area contributed by atoms with Gasteiger partial charge in [0.25, 0.3) is 11.8 Å². The molecular weight excluding hydrogens is 963 g/mol. The highest BCUT2D eigenvalue weighted by Gasteiger charge is 2.45. The zero-order valence-corrected chi connectivity index (χ0v) is 41.0. The average molecular weight is 1020 g/mol. The highest BCUT2D eigenvalue weighted by Crippen LogP contribution is 2.41. The number of aromatic nitrogens is 1. The smallest absolute Gasteiger partial charge is 0.264 e. The number of hydrogen-bond donors (Lipinski definition) is 3. The van der Waals surface area contributed by atoms with Crippen molar-refractivity contribution in [3.05, 3.63) is 75.4 Å². The van der Waals surface area contributed by atoms with Crippen molar-refractivity contribution in [2.75, 3.05) is 124 Å². The van der Waals surface area contributed by atoms with Crippen LogP contribution in [0.2, 0.25) is 10.0 Å². The van der Waals surface area contributed by atoms with Crippen LogP contribution in [0.25, 0.3) is 10.9 Å². The molecule has 1 unspecified atom stereocenters. The highest BCUT2D eigenvalue weighted by atomic mass is 35.5. The largest absolute Gasteiger partial charge is 0.495 e. The number of ether oxygens (including phenoxy) is 7. The molecule has 20 nitrogen and oxygen atoms in total. The van der Waals surface area contributed by atoms with Crippen molar-refractivity contribution in [1.82, 2.24) is 25.0 Å². The van der Waals surface area contributed by atoms with Crippen LogP contribution < -0.4 is 30.2 Å². The molecule has 3 aliphatic rings. The number of rotatable bonds is 26. The summed E-state index contributed by atoms with van der Waals surface area (Å²) in [5, 5.41) is 19.8. The first-order valence-corrected chi connectivity index (χ1v) is 24.0. The number of nitriles is 1. The summed E-state index contributed by atoms with van der Waals surface area (Å²) in [6.07, 6.45) is 2.67. The number of nitrogens with one attached hydrogen (secondary N) is 3. The third kappa shape index (κ3) is 13.4. The standard InChI is InChI=1S/C49H56Cl2N8O12/c1-65-40-28-38(34(50)26-35(40)51)55-46-31(29-52)30-54-37-27-42(41(66-2)25-33(37)46)71-16-4-11-57-12-14-58(15-13-57)44(61)9-17-67-19-21-69-23-24-70-22-20-68-18-10-53-36-6-3-5-32-45(36)49(64)59(48(32)63)39-7-8-43(60)56-47(39)62/h3,5-6,25-28,30,39,53H,4,7-24H2,1-2H3,(H,54,55)(H,56,60,62).